The Labute approximate surface area is 133 Å². The molecular formula is C15H12BrF3N2O. The van der Waals surface area contributed by atoms with Crippen LogP contribution in [0.4, 0.5) is 13.2 Å². The van der Waals surface area contributed by atoms with Gasteiger partial charge in [-0.1, -0.05) is 40.2 Å². The average molecular weight is 373 g/mol. The van der Waals surface area contributed by atoms with Gasteiger partial charge in [-0.25, -0.2) is 5.01 Å². The maximum absolute atomic E-state index is 13.5. The smallest absolute Gasteiger partial charge is 0.288 e. The number of nitrogens with one attached hydrogen (secondary N) is 1. The van der Waals surface area contributed by atoms with Gasteiger partial charge < -0.3 is 0 Å². The quantitative estimate of drug-likeness (QED) is 0.865. The lowest BCUT2D eigenvalue weighted by Gasteiger charge is -2.29. The van der Waals surface area contributed by atoms with Crippen LogP contribution in [-0.2, 0) is 4.79 Å². The molecule has 1 unspecified atom stereocenters. The van der Waals surface area contributed by atoms with Crippen molar-refractivity contribution in [3.05, 3.63) is 46.4 Å². The van der Waals surface area contributed by atoms with Crippen molar-refractivity contribution in [3.63, 3.8) is 0 Å². The Morgan fingerprint density at radius 1 is 1.23 bits per heavy atom. The number of fused-ring (bicyclic) bond motifs is 1. The molecule has 0 aliphatic carbocycles. The Bertz CT molecular complexity index is 732. The van der Waals surface area contributed by atoms with E-state index in [2.05, 4.69) is 21.4 Å². The summed E-state index contributed by atoms with van der Waals surface area (Å²) < 4.78 is 41.1. The van der Waals surface area contributed by atoms with Crippen LogP contribution in [0.1, 0.15) is 18.0 Å². The fraction of sp³-hybridized carbons (Fsp3) is 0.267. The molecule has 0 bridgehead atoms. The Hall–Kier alpha value is -1.60. The fourth-order valence-corrected chi connectivity index (χ4v) is 3.30. The number of halogens is 4. The number of amides is 1. The topological polar surface area (TPSA) is 32.3 Å². The number of hydrogen-bond acceptors (Lipinski definition) is 2. The molecule has 1 N–H and O–H groups in total. The van der Waals surface area contributed by atoms with Crippen LogP contribution in [0.5, 0.6) is 0 Å². The van der Waals surface area contributed by atoms with Crippen LogP contribution < -0.4 is 5.43 Å². The third kappa shape index (κ3) is 2.83. The first-order valence-corrected chi connectivity index (χ1v) is 7.46. The molecule has 1 aliphatic heterocycles. The molecule has 0 spiro atoms. The zero-order valence-electron chi connectivity index (χ0n) is 11.3. The third-order valence-corrected chi connectivity index (χ3v) is 4.28. The predicted octanol–water partition coefficient (Wildman–Crippen LogP) is 3.94. The van der Waals surface area contributed by atoms with E-state index in [1.807, 2.05) is 12.1 Å². The molecule has 1 saturated heterocycles. The van der Waals surface area contributed by atoms with E-state index < -0.39 is 18.1 Å². The SMILES string of the molecule is O=C1CCN(C(c2cc(Br)c3ccccc3c2)C(F)(F)F)N1. The Morgan fingerprint density at radius 3 is 2.59 bits per heavy atom. The molecule has 1 aliphatic rings. The monoisotopic (exact) mass is 372 g/mol. The van der Waals surface area contributed by atoms with Crippen molar-refractivity contribution in [1.29, 1.82) is 0 Å². The number of hydrazine groups is 1. The van der Waals surface area contributed by atoms with E-state index in [0.29, 0.717) is 9.86 Å². The number of carbonyl (C=O) groups excluding carboxylic acids is 1. The minimum atomic E-state index is -4.49. The molecule has 1 heterocycles. The maximum atomic E-state index is 13.5. The standard InChI is InChI=1S/C15H12BrF3N2O/c16-12-8-10(7-9-3-1-2-4-11(9)12)14(15(17,18)19)21-6-5-13(22)20-21/h1-4,7-8,14H,5-6H2,(H,20,22). The van der Waals surface area contributed by atoms with Crippen LogP contribution in [0, 0.1) is 0 Å². The summed E-state index contributed by atoms with van der Waals surface area (Å²) in [5, 5.41) is 2.52. The van der Waals surface area contributed by atoms with E-state index in [9.17, 15) is 18.0 Å². The molecule has 1 atom stereocenters. The van der Waals surface area contributed by atoms with Crippen LogP contribution >= 0.6 is 15.9 Å². The molecule has 1 fully saturated rings. The molecule has 0 saturated carbocycles. The molecule has 1 amide bonds. The molecule has 2 aromatic carbocycles. The number of nitrogens with zero attached hydrogens (tertiary/aromatic N) is 1. The zero-order chi connectivity index (χ0) is 15.9. The summed E-state index contributed by atoms with van der Waals surface area (Å²) in [5.41, 5.74) is 2.38. The van der Waals surface area contributed by atoms with Crippen LogP contribution in [0.25, 0.3) is 10.8 Å². The van der Waals surface area contributed by atoms with Gasteiger partial charge in [0, 0.05) is 17.4 Å². The van der Waals surface area contributed by atoms with Crippen LogP contribution in [0.15, 0.2) is 40.9 Å². The highest BCUT2D eigenvalue weighted by molar-refractivity contribution is 9.10. The first-order valence-electron chi connectivity index (χ1n) is 6.67. The first-order chi connectivity index (χ1) is 10.4. The molecule has 3 nitrogen and oxygen atoms in total. The molecule has 0 radical (unpaired) electrons. The van der Waals surface area contributed by atoms with E-state index in [4.69, 9.17) is 0 Å². The Balaban J connectivity index is 2.10. The number of alkyl halides is 3. The summed E-state index contributed by atoms with van der Waals surface area (Å²) in [6.07, 6.45) is -4.42. The fourth-order valence-electron chi connectivity index (χ4n) is 2.68. The van der Waals surface area contributed by atoms with Crippen molar-refractivity contribution in [2.75, 3.05) is 6.54 Å². The summed E-state index contributed by atoms with van der Waals surface area (Å²) >= 11 is 3.33. The second-order valence-electron chi connectivity index (χ2n) is 5.15. The minimum absolute atomic E-state index is 0.0352. The van der Waals surface area contributed by atoms with Gasteiger partial charge in [0.05, 0.1) is 0 Å². The second kappa shape index (κ2) is 5.55. The number of carbonyl (C=O) groups is 1. The van der Waals surface area contributed by atoms with E-state index in [1.165, 1.54) is 12.1 Å². The van der Waals surface area contributed by atoms with Crippen LogP contribution in [0.2, 0.25) is 0 Å². The predicted molar refractivity (Wildman–Crippen MR) is 79.9 cm³/mol. The van der Waals surface area contributed by atoms with Gasteiger partial charge in [0.15, 0.2) is 0 Å². The van der Waals surface area contributed by atoms with Gasteiger partial charge in [0.25, 0.3) is 0 Å². The first kappa shape index (κ1) is 15.3. The second-order valence-corrected chi connectivity index (χ2v) is 6.00. The lowest BCUT2D eigenvalue weighted by atomic mass is 10.0. The summed E-state index contributed by atoms with van der Waals surface area (Å²) in [4.78, 5) is 11.3. The summed E-state index contributed by atoms with van der Waals surface area (Å²) in [7, 11) is 0. The summed E-state index contributed by atoms with van der Waals surface area (Å²) in [6.45, 7) is 0.0352. The lowest BCUT2D eigenvalue weighted by Crippen LogP contribution is -2.43. The Kier molecular flexibility index (Phi) is 3.86. The van der Waals surface area contributed by atoms with Gasteiger partial charge in [-0.05, 0) is 28.5 Å². The maximum Gasteiger partial charge on any atom is 0.409 e. The van der Waals surface area contributed by atoms with E-state index in [0.717, 1.165) is 10.4 Å². The van der Waals surface area contributed by atoms with Crippen LogP contribution in [0.3, 0.4) is 0 Å². The molecule has 0 aromatic heterocycles. The summed E-state index contributed by atoms with van der Waals surface area (Å²) in [6, 6.07) is 8.32. The van der Waals surface area contributed by atoms with Crippen molar-refractivity contribution >= 4 is 32.6 Å². The van der Waals surface area contributed by atoms with Crippen molar-refractivity contribution in [2.24, 2.45) is 0 Å². The highest BCUT2D eigenvalue weighted by Crippen LogP contribution is 2.40. The van der Waals surface area contributed by atoms with Crippen molar-refractivity contribution < 1.29 is 18.0 Å². The zero-order valence-corrected chi connectivity index (χ0v) is 12.9. The highest BCUT2D eigenvalue weighted by Gasteiger charge is 2.47. The van der Waals surface area contributed by atoms with Gasteiger partial charge in [-0.3, -0.25) is 10.2 Å². The number of hydrogen-bond donors (Lipinski definition) is 1. The van der Waals surface area contributed by atoms with Crippen LogP contribution in [-0.4, -0.2) is 23.6 Å². The van der Waals surface area contributed by atoms with E-state index >= 15 is 0 Å². The number of rotatable bonds is 2. The van der Waals surface area contributed by atoms with Crippen molar-refractivity contribution in [1.82, 2.24) is 10.4 Å². The third-order valence-electron chi connectivity index (χ3n) is 3.62. The van der Waals surface area contributed by atoms with Crippen molar-refractivity contribution in [3.8, 4) is 0 Å². The lowest BCUT2D eigenvalue weighted by molar-refractivity contribution is -0.191. The van der Waals surface area contributed by atoms with Gasteiger partial charge >= 0.3 is 6.18 Å². The van der Waals surface area contributed by atoms with E-state index in [-0.39, 0.29) is 18.5 Å². The van der Waals surface area contributed by atoms with Gasteiger partial charge in [-0.2, -0.15) is 13.2 Å². The molecule has 2 aromatic rings. The van der Waals surface area contributed by atoms with Gasteiger partial charge in [0.1, 0.15) is 6.04 Å². The van der Waals surface area contributed by atoms with Crippen molar-refractivity contribution in [2.45, 2.75) is 18.6 Å². The molecule has 116 valence electrons. The summed E-state index contributed by atoms with van der Waals surface area (Å²) in [5.74, 6) is -0.394. The normalized spacial score (nSPS) is 17.7. The highest BCUT2D eigenvalue weighted by atomic mass is 79.9. The van der Waals surface area contributed by atoms with Gasteiger partial charge in [-0.15, -0.1) is 0 Å². The average Bonchev–Trinajstić information content (AvgIpc) is 2.83. The molecule has 3 rings (SSSR count). The number of benzene rings is 2. The molecule has 7 heteroatoms. The largest absolute Gasteiger partial charge is 0.409 e. The van der Waals surface area contributed by atoms with Gasteiger partial charge in [0.2, 0.25) is 5.91 Å². The van der Waals surface area contributed by atoms with E-state index in [1.54, 1.807) is 12.1 Å². The minimum Gasteiger partial charge on any atom is -0.288 e. The molecular weight excluding hydrogens is 361 g/mol. The Morgan fingerprint density at radius 2 is 1.95 bits per heavy atom. The molecule has 22 heavy (non-hydrogen) atoms.